The van der Waals surface area contributed by atoms with Gasteiger partial charge in [-0.05, 0) is 149 Å². The fourth-order valence-electron chi connectivity index (χ4n) is 3.91. The lowest BCUT2D eigenvalue weighted by Gasteiger charge is -2.28. The van der Waals surface area contributed by atoms with Crippen molar-refractivity contribution in [3.8, 4) is 0 Å². The molecular formula is C21H28I2. The first-order chi connectivity index (χ1) is 11.0. The zero-order valence-corrected chi connectivity index (χ0v) is 19.0. The number of hydrogen-bond acceptors (Lipinski definition) is 0. The van der Waals surface area contributed by atoms with Gasteiger partial charge in [-0.15, -0.1) is 0 Å². The van der Waals surface area contributed by atoms with Crippen LogP contribution < -0.4 is 0 Å². The van der Waals surface area contributed by atoms with Gasteiger partial charge in [-0.25, -0.2) is 0 Å². The van der Waals surface area contributed by atoms with E-state index in [4.69, 9.17) is 0 Å². The van der Waals surface area contributed by atoms with E-state index in [2.05, 4.69) is 78.6 Å². The lowest BCUT2D eigenvalue weighted by atomic mass is 9.79. The third-order valence-corrected chi connectivity index (χ3v) is 6.15. The second-order valence-corrected chi connectivity index (χ2v) is 9.57. The summed E-state index contributed by atoms with van der Waals surface area (Å²) in [5.74, 6) is 0. The van der Waals surface area contributed by atoms with Crippen LogP contribution in [-0.4, -0.2) is 0 Å². The van der Waals surface area contributed by atoms with Gasteiger partial charge in [-0.3, -0.25) is 0 Å². The van der Waals surface area contributed by atoms with Crippen molar-refractivity contribution in [3.05, 3.63) is 53.3 Å². The van der Waals surface area contributed by atoms with E-state index in [1.54, 1.807) is 22.3 Å². The molecule has 0 aromatic rings. The Morgan fingerprint density at radius 1 is 1.00 bits per heavy atom. The van der Waals surface area contributed by atoms with Crippen LogP contribution in [0.3, 0.4) is 0 Å². The van der Waals surface area contributed by atoms with Crippen molar-refractivity contribution in [2.45, 2.75) is 72.1 Å². The molecule has 2 rings (SSSR count). The summed E-state index contributed by atoms with van der Waals surface area (Å²) in [5, 5.41) is 0. The molecule has 0 atom stereocenters. The van der Waals surface area contributed by atoms with Crippen LogP contribution in [0.5, 0.6) is 0 Å². The molecule has 0 saturated heterocycles. The van der Waals surface area contributed by atoms with Crippen molar-refractivity contribution in [2.75, 3.05) is 0 Å². The lowest BCUT2D eigenvalue weighted by Crippen LogP contribution is -2.09. The molecule has 0 bridgehead atoms. The zero-order chi connectivity index (χ0) is 17.0. The van der Waals surface area contributed by atoms with Gasteiger partial charge in [0.2, 0.25) is 0 Å². The van der Waals surface area contributed by atoms with Gasteiger partial charge in [0.1, 0.15) is 0 Å². The molecule has 2 aliphatic carbocycles. The molecule has 1 saturated carbocycles. The van der Waals surface area contributed by atoms with Gasteiger partial charge in [-0.1, -0.05) is 18.2 Å². The van der Waals surface area contributed by atoms with Crippen LogP contribution in [0.4, 0.5) is 0 Å². The molecule has 2 aliphatic rings. The normalized spacial score (nSPS) is 24.7. The van der Waals surface area contributed by atoms with Crippen molar-refractivity contribution < 1.29 is 0 Å². The van der Waals surface area contributed by atoms with Crippen LogP contribution in [0.2, 0.25) is 0 Å². The molecule has 0 aromatic carbocycles. The summed E-state index contributed by atoms with van der Waals surface area (Å²) >= 11 is 4.97. The van der Waals surface area contributed by atoms with E-state index in [0.717, 1.165) is 0 Å². The number of halogens is 2. The molecule has 0 aromatic heterocycles. The molecule has 2 heteroatoms. The molecule has 0 amide bonds. The van der Waals surface area contributed by atoms with Gasteiger partial charge in [0.05, 0.1) is 0 Å². The topological polar surface area (TPSA) is 0 Å². The van der Waals surface area contributed by atoms with Gasteiger partial charge in [0.15, 0.2) is 0 Å². The highest BCUT2D eigenvalue weighted by molar-refractivity contribution is 14.1. The summed E-state index contributed by atoms with van der Waals surface area (Å²) in [6, 6.07) is 0. The van der Waals surface area contributed by atoms with Gasteiger partial charge >= 0.3 is 0 Å². The average molecular weight is 534 g/mol. The van der Waals surface area contributed by atoms with Crippen molar-refractivity contribution in [2.24, 2.45) is 0 Å². The third-order valence-electron chi connectivity index (χ3n) is 5.07. The summed E-state index contributed by atoms with van der Waals surface area (Å²) in [5.41, 5.74) is 9.25. The SMILES string of the molecule is C=C(I)C(=C1/CCCCC1=CC)/C(C1=C(C)CCCC1)=C(/C)I. The summed E-state index contributed by atoms with van der Waals surface area (Å²) in [6.07, 6.45) is 12.6. The second-order valence-electron chi connectivity index (χ2n) is 6.65. The van der Waals surface area contributed by atoms with Crippen LogP contribution in [0, 0.1) is 0 Å². The van der Waals surface area contributed by atoms with Crippen molar-refractivity contribution in [1.82, 2.24) is 0 Å². The fraction of sp³-hybridized carbons (Fsp3) is 0.524. The Morgan fingerprint density at radius 3 is 2.17 bits per heavy atom. The Labute approximate surface area is 169 Å². The van der Waals surface area contributed by atoms with E-state index in [-0.39, 0.29) is 0 Å². The predicted octanol–water partition coefficient (Wildman–Crippen LogP) is 8.35. The summed E-state index contributed by atoms with van der Waals surface area (Å²) < 4.78 is 2.62. The second kappa shape index (κ2) is 9.02. The molecular weight excluding hydrogens is 506 g/mol. The minimum Gasteiger partial charge on any atom is -0.0850 e. The molecule has 0 aliphatic heterocycles. The smallest absolute Gasteiger partial charge is 0.0140 e. The molecule has 0 spiro atoms. The Bertz CT molecular complexity index is 608. The predicted molar refractivity (Wildman–Crippen MR) is 120 cm³/mol. The first-order valence-corrected chi connectivity index (χ1v) is 10.9. The van der Waals surface area contributed by atoms with Crippen molar-refractivity contribution in [3.63, 3.8) is 0 Å². The van der Waals surface area contributed by atoms with E-state index in [9.17, 15) is 0 Å². The highest BCUT2D eigenvalue weighted by Crippen LogP contribution is 2.44. The summed E-state index contributed by atoms with van der Waals surface area (Å²) in [6.45, 7) is 11.2. The molecule has 126 valence electrons. The lowest BCUT2D eigenvalue weighted by molar-refractivity contribution is 0.668. The fourth-order valence-corrected chi connectivity index (χ4v) is 5.10. The molecule has 0 heterocycles. The maximum Gasteiger partial charge on any atom is 0.0140 e. The van der Waals surface area contributed by atoms with E-state index in [1.807, 2.05) is 0 Å². The van der Waals surface area contributed by atoms with E-state index in [0.29, 0.717) is 0 Å². The van der Waals surface area contributed by atoms with Crippen LogP contribution >= 0.6 is 45.2 Å². The molecule has 0 unspecified atom stereocenters. The van der Waals surface area contributed by atoms with E-state index >= 15 is 0 Å². The molecule has 0 radical (unpaired) electrons. The molecule has 0 N–H and O–H groups in total. The van der Waals surface area contributed by atoms with Crippen LogP contribution in [0.15, 0.2) is 53.3 Å². The third kappa shape index (κ3) is 4.62. The van der Waals surface area contributed by atoms with Gasteiger partial charge in [0, 0.05) is 3.58 Å². The largest absolute Gasteiger partial charge is 0.0850 e. The number of rotatable bonds is 3. The number of hydrogen-bond donors (Lipinski definition) is 0. The Balaban J connectivity index is 2.67. The highest BCUT2D eigenvalue weighted by atomic mass is 127. The highest BCUT2D eigenvalue weighted by Gasteiger charge is 2.24. The van der Waals surface area contributed by atoms with Gasteiger partial charge in [-0.2, -0.15) is 0 Å². The molecule has 1 fully saturated rings. The standard InChI is InChI=1S/C21H28I2/c1-5-17-11-7-9-13-19(17)21(16(4)23)20(15(3)22)18-12-8-6-10-14(18)2/h5H,4,6-13H2,1-3H3/b17-5?,20-15-,21-19+. The molecule has 0 nitrogen and oxygen atoms in total. The Morgan fingerprint density at radius 2 is 1.61 bits per heavy atom. The summed E-state index contributed by atoms with van der Waals surface area (Å²) in [4.78, 5) is 0. The first-order valence-electron chi connectivity index (χ1n) is 8.76. The first kappa shape index (κ1) is 19.5. The van der Waals surface area contributed by atoms with Crippen molar-refractivity contribution in [1.29, 1.82) is 0 Å². The van der Waals surface area contributed by atoms with Crippen LogP contribution in [-0.2, 0) is 0 Å². The minimum absolute atomic E-state index is 1.20. The monoisotopic (exact) mass is 534 g/mol. The maximum atomic E-state index is 4.36. The van der Waals surface area contributed by atoms with Gasteiger partial charge < -0.3 is 0 Å². The number of allylic oxidation sites excluding steroid dienone is 9. The van der Waals surface area contributed by atoms with E-state index in [1.165, 1.54) is 69.7 Å². The van der Waals surface area contributed by atoms with Crippen LogP contribution in [0.25, 0.3) is 0 Å². The quantitative estimate of drug-likeness (QED) is 0.320. The van der Waals surface area contributed by atoms with Crippen molar-refractivity contribution >= 4 is 45.2 Å². The van der Waals surface area contributed by atoms with Gasteiger partial charge in [0.25, 0.3) is 0 Å². The zero-order valence-electron chi connectivity index (χ0n) is 14.7. The Kier molecular flexibility index (Phi) is 7.64. The average Bonchev–Trinajstić information content (AvgIpc) is 2.53. The Hall–Kier alpha value is 0.160. The van der Waals surface area contributed by atoms with Crippen LogP contribution in [0.1, 0.15) is 72.1 Å². The van der Waals surface area contributed by atoms with E-state index < -0.39 is 0 Å². The molecule has 23 heavy (non-hydrogen) atoms. The minimum atomic E-state index is 1.20. The summed E-state index contributed by atoms with van der Waals surface area (Å²) in [7, 11) is 0. The maximum absolute atomic E-state index is 4.36.